The van der Waals surface area contributed by atoms with Crippen LogP contribution in [0, 0.1) is 5.92 Å². The van der Waals surface area contributed by atoms with E-state index in [1.54, 1.807) is 0 Å². The molecule has 2 unspecified atom stereocenters. The van der Waals surface area contributed by atoms with Gasteiger partial charge in [0, 0.05) is 5.22 Å². The Morgan fingerprint density at radius 3 is 2.12 bits per heavy atom. The summed E-state index contributed by atoms with van der Waals surface area (Å²) >= 11 is 0. The maximum absolute atomic E-state index is 5.92. The zero-order valence-electron chi connectivity index (χ0n) is 20.5. The largest absolute Gasteiger partial charge is 0.476 e. The molecule has 3 aromatic carbocycles. The van der Waals surface area contributed by atoms with Gasteiger partial charge in [-0.1, -0.05) is 93.1 Å². The molecule has 4 rings (SSSR count). The molecule has 0 spiro atoms. The van der Waals surface area contributed by atoms with Crippen LogP contribution in [-0.4, -0.2) is 12.1 Å². The normalized spacial score (nSPS) is 16.5. The molecule has 1 aliphatic rings. The molecule has 1 fully saturated rings. The van der Waals surface area contributed by atoms with Gasteiger partial charge in [-0.15, -0.1) is 0 Å². The minimum absolute atomic E-state index is 0.0196. The molecule has 0 aromatic heterocycles. The lowest BCUT2D eigenvalue weighted by Crippen LogP contribution is -2.35. The quantitative estimate of drug-likeness (QED) is 0.490. The molecular formula is C31H37NO. The van der Waals surface area contributed by atoms with Crippen molar-refractivity contribution in [1.29, 1.82) is 0 Å². The highest BCUT2D eigenvalue weighted by atomic mass is 16.5. The van der Waals surface area contributed by atoms with Gasteiger partial charge in [0.1, 0.15) is 6.61 Å². The zero-order valence-corrected chi connectivity index (χ0v) is 20.5. The molecular weight excluding hydrogens is 402 g/mol. The summed E-state index contributed by atoms with van der Waals surface area (Å²) in [6.45, 7) is 9.69. The van der Waals surface area contributed by atoms with Gasteiger partial charge in [-0.2, -0.15) is 0 Å². The maximum atomic E-state index is 5.92. The van der Waals surface area contributed by atoms with Crippen LogP contribution in [-0.2, 0) is 4.74 Å². The first-order valence-corrected chi connectivity index (χ1v) is 12.3. The molecule has 1 saturated heterocycles. The van der Waals surface area contributed by atoms with Gasteiger partial charge in [-0.25, -0.2) is 0 Å². The van der Waals surface area contributed by atoms with Crippen LogP contribution in [0.1, 0.15) is 64.0 Å². The summed E-state index contributed by atoms with van der Waals surface area (Å²) in [6, 6.07) is 30.8. The molecule has 1 N–H and O–H groups in total. The van der Waals surface area contributed by atoms with Gasteiger partial charge in [0.2, 0.25) is 0 Å². The summed E-state index contributed by atoms with van der Waals surface area (Å²) in [6.07, 6.45) is 3.43. The summed E-state index contributed by atoms with van der Waals surface area (Å²) in [7, 11) is 0. The third-order valence-electron chi connectivity index (χ3n) is 6.75. The van der Waals surface area contributed by atoms with Crippen LogP contribution in [0.3, 0.4) is 0 Å². The van der Waals surface area contributed by atoms with E-state index in [-0.39, 0.29) is 5.54 Å². The Hall–Kier alpha value is -3.00. The topological polar surface area (TPSA) is 21.3 Å². The van der Waals surface area contributed by atoms with Crippen molar-refractivity contribution in [2.24, 2.45) is 5.92 Å². The predicted octanol–water partition coefficient (Wildman–Crippen LogP) is 5.96. The molecule has 0 radical (unpaired) electrons. The number of nitrogens with one attached hydrogen (secondary N) is 1. The fourth-order valence-corrected chi connectivity index (χ4v) is 4.61. The van der Waals surface area contributed by atoms with E-state index in [1.807, 2.05) is 0 Å². The highest BCUT2D eigenvalue weighted by molar-refractivity contribution is 5.66. The summed E-state index contributed by atoms with van der Waals surface area (Å²) in [5.74, 6) is 2.07. The van der Waals surface area contributed by atoms with Crippen molar-refractivity contribution in [3.63, 3.8) is 0 Å². The van der Waals surface area contributed by atoms with Crippen molar-refractivity contribution in [3.05, 3.63) is 106 Å². The molecule has 33 heavy (non-hydrogen) atoms. The van der Waals surface area contributed by atoms with Gasteiger partial charge in [-0.05, 0) is 72.6 Å². The number of hydrogen-bond acceptors (Lipinski definition) is 2. The zero-order chi connectivity index (χ0) is 23.3. The first-order chi connectivity index (χ1) is 15.9. The summed E-state index contributed by atoms with van der Waals surface area (Å²) in [4.78, 5) is 0. The molecule has 0 amide bonds. The summed E-state index contributed by atoms with van der Waals surface area (Å²) < 4.78 is 5.92. The van der Waals surface area contributed by atoms with Crippen molar-refractivity contribution >= 4 is 11.5 Å². The van der Waals surface area contributed by atoms with Crippen LogP contribution in [0.2, 0.25) is 0 Å². The smallest absolute Gasteiger partial charge is 0.194 e. The predicted molar refractivity (Wildman–Crippen MR) is 139 cm³/mol. The van der Waals surface area contributed by atoms with E-state index in [0.29, 0.717) is 18.4 Å². The number of rotatable bonds is 7. The fourth-order valence-electron chi connectivity index (χ4n) is 4.61. The second-order valence-corrected chi connectivity index (χ2v) is 10.1. The Bertz CT molecular complexity index is 1140. The second-order valence-electron chi connectivity index (χ2n) is 10.1. The van der Waals surface area contributed by atoms with Crippen molar-refractivity contribution < 1.29 is 4.74 Å². The minimum Gasteiger partial charge on any atom is -0.476 e. The van der Waals surface area contributed by atoms with E-state index in [9.17, 15) is 0 Å². The minimum atomic E-state index is -0.0196. The average Bonchev–Trinajstić information content (AvgIpc) is 3.22. The van der Waals surface area contributed by atoms with Gasteiger partial charge in [0.15, 0.2) is 5.88 Å². The Morgan fingerprint density at radius 1 is 0.909 bits per heavy atom. The Morgan fingerprint density at radius 2 is 1.55 bits per heavy atom. The van der Waals surface area contributed by atoms with E-state index in [0.717, 1.165) is 17.5 Å². The molecule has 1 heterocycles. The van der Waals surface area contributed by atoms with E-state index in [2.05, 4.69) is 118 Å². The van der Waals surface area contributed by atoms with Gasteiger partial charge >= 0.3 is 0 Å². The third kappa shape index (κ3) is 5.87. The molecule has 0 bridgehead atoms. The van der Waals surface area contributed by atoms with Crippen molar-refractivity contribution in [2.45, 2.75) is 58.4 Å². The fraction of sp³-hybridized carbons (Fsp3) is 0.355. The Kier molecular flexibility index (Phi) is 7.23. The molecule has 3 aromatic rings. The van der Waals surface area contributed by atoms with E-state index in [4.69, 9.17) is 4.74 Å². The first-order valence-electron chi connectivity index (χ1n) is 12.3. The van der Waals surface area contributed by atoms with E-state index < -0.39 is 0 Å². The average molecular weight is 440 g/mol. The van der Waals surface area contributed by atoms with Crippen LogP contribution < -0.4 is 15.8 Å². The highest BCUT2D eigenvalue weighted by Crippen LogP contribution is 2.33. The lowest BCUT2D eigenvalue weighted by molar-refractivity contribution is 0.272. The SMILES string of the molecule is CCC(C)CC(CC(c1ccccc1)=c1ccc(=C2NC(C)(C)CO2)cc1)c1ccccc1. The third-order valence-corrected chi connectivity index (χ3v) is 6.75. The lowest BCUT2D eigenvalue weighted by Gasteiger charge is -2.23. The van der Waals surface area contributed by atoms with Crippen molar-refractivity contribution in [1.82, 2.24) is 5.32 Å². The number of benzene rings is 3. The summed E-state index contributed by atoms with van der Waals surface area (Å²) in [5.41, 5.74) is 4.13. The Labute approximate surface area is 199 Å². The standard InChI is InChI=1S/C31H37NO/c1-5-23(2)20-28(24-12-8-6-9-13-24)21-29(25-14-10-7-11-15-25)26-16-18-27(19-17-26)30-32-31(3,4)22-33-30/h6-19,23,28,32H,5,20-22H2,1-4H3. The van der Waals surface area contributed by atoms with Crippen LogP contribution in [0.5, 0.6) is 0 Å². The second kappa shape index (κ2) is 10.3. The molecule has 0 aliphatic carbocycles. The van der Waals surface area contributed by atoms with Gasteiger partial charge in [0.25, 0.3) is 0 Å². The molecule has 2 heteroatoms. The lowest BCUT2D eigenvalue weighted by atomic mass is 9.82. The van der Waals surface area contributed by atoms with Gasteiger partial charge in [-0.3, -0.25) is 0 Å². The maximum Gasteiger partial charge on any atom is 0.194 e. The van der Waals surface area contributed by atoms with Crippen LogP contribution in [0.4, 0.5) is 0 Å². The monoisotopic (exact) mass is 439 g/mol. The van der Waals surface area contributed by atoms with E-state index in [1.165, 1.54) is 34.8 Å². The van der Waals surface area contributed by atoms with Crippen LogP contribution in [0.25, 0.3) is 11.5 Å². The van der Waals surface area contributed by atoms with Gasteiger partial charge in [0.05, 0.1) is 5.54 Å². The molecule has 2 nitrogen and oxygen atoms in total. The Balaban J connectivity index is 1.77. The molecule has 172 valence electrons. The highest BCUT2D eigenvalue weighted by Gasteiger charge is 2.27. The van der Waals surface area contributed by atoms with Crippen LogP contribution >= 0.6 is 0 Å². The van der Waals surface area contributed by atoms with Crippen molar-refractivity contribution in [3.8, 4) is 0 Å². The summed E-state index contributed by atoms with van der Waals surface area (Å²) in [5, 5.41) is 5.89. The number of hydrogen-bond donors (Lipinski definition) is 1. The molecule has 1 aliphatic heterocycles. The molecule has 2 atom stereocenters. The first kappa shape index (κ1) is 23.2. The molecule has 0 saturated carbocycles. The van der Waals surface area contributed by atoms with Crippen LogP contribution in [0.15, 0.2) is 84.9 Å². The van der Waals surface area contributed by atoms with Gasteiger partial charge < -0.3 is 10.1 Å². The van der Waals surface area contributed by atoms with E-state index >= 15 is 0 Å². The van der Waals surface area contributed by atoms with Crippen molar-refractivity contribution in [2.75, 3.05) is 6.61 Å². The number of ether oxygens (including phenoxy) is 1.